The Morgan fingerprint density at radius 3 is 2.48 bits per heavy atom. The highest BCUT2D eigenvalue weighted by Crippen LogP contribution is 2.39. The van der Waals surface area contributed by atoms with Crippen molar-refractivity contribution in [2.24, 2.45) is 11.8 Å². The maximum atomic E-state index is 14.4. The molecule has 1 saturated heterocycles. The summed E-state index contributed by atoms with van der Waals surface area (Å²) in [5.41, 5.74) is 0.384. The van der Waals surface area contributed by atoms with Gasteiger partial charge in [-0.25, -0.2) is 8.78 Å². The minimum atomic E-state index is -0.906. The zero-order valence-corrected chi connectivity index (χ0v) is 15.9. The smallest absolute Gasteiger partial charge is 0.200 e. The molecule has 1 aromatic rings. The number of halogens is 3. The highest BCUT2D eigenvalue weighted by Gasteiger charge is 2.33. The number of ether oxygens (including phenoxy) is 2. The molecule has 1 saturated carbocycles. The van der Waals surface area contributed by atoms with Crippen molar-refractivity contribution in [2.75, 3.05) is 19.9 Å². The van der Waals surface area contributed by atoms with Crippen molar-refractivity contribution < 1.29 is 22.6 Å². The minimum Gasteiger partial charge on any atom is -0.491 e. The van der Waals surface area contributed by atoms with E-state index in [4.69, 9.17) is 9.47 Å². The average Bonchev–Trinajstić information content (AvgIpc) is 2.71. The second kappa shape index (κ2) is 9.63. The van der Waals surface area contributed by atoms with Crippen LogP contribution in [0.25, 0.3) is 0 Å². The van der Waals surface area contributed by atoms with Gasteiger partial charge >= 0.3 is 0 Å². The molecular weight excluding hydrogens is 353 g/mol. The van der Waals surface area contributed by atoms with Crippen LogP contribution in [-0.4, -0.2) is 26.0 Å². The molecule has 1 aromatic carbocycles. The zero-order chi connectivity index (χ0) is 19.2. The van der Waals surface area contributed by atoms with Crippen molar-refractivity contribution in [3.05, 3.63) is 41.5 Å². The molecule has 1 aliphatic heterocycles. The lowest BCUT2D eigenvalue weighted by Gasteiger charge is -2.37. The highest BCUT2D eigenvalue weighted by molar-refractivity contribution is 5.33. The fourth-order valence-electron chi connectivity index (χ4n) is 4.47. The van der Waals surface area contributed by atoms with Gasteiger partial charge in [0.25, 0.3) is 0 Å². The van der Waals surface area contributed by atoms with Crippen LogP contribution >= 0.6 is 0 Å². The predicted molar refractivity (Wildman–Crippen MR) is 99.8 cm³/mol. The van der Waals surface area contributed by atoms with E-state index < -0.39 is 18.3 Å². The normalized spacial score (nSPS) is 29.2. The molecule has 0 aromatic heterocycles. The van der Waals surface area contributed by atoms with Gasteiger partial charge < -0.3 is 9.47 Å². The number of rotatable bonds is 6. The number of alkyl halides is 1. The first-order chi connectivity index (χ1) is 13.1. The van der Waals surface area contributed by atoms with Crippen molar-refractivity contribution in [2.45, 2.75) is 57.5 Å². The van der Waals surface area contributed by atoms with Gasteiger partial charge in [0.15, 0.2) is 11.6 Å². The van der Waals surface area contributed by atoms with E-state index in [1.165, 1.54) is 6.07 Å². The molecule has 0 radical (unpaired) electrons. The second-order valence-corrected chi connectivity index (χ2v) is 7.62. The van der Waals surface area contributed by atoms with Crippen molar-refractivity contribution in [3.8, 4) is 5.75 Å². The van der Waals surface area contributed by atoms with E-state index in [0.29, 0.717) is 30.6 Å². The Labute approximate surface area is 159 Å². The molecule has 1 aliphatic carbocycles. The molecular formula is C22H29F3O2. The fraction of sp³-hybridized carbons (Fsp3) is 0.636. The maximum Gasteiger partial charge on any atom is 0.200 e. The van der Waals surface area contributed by atoms with Crippen LogP contribution in [0.2, 0.25) is 0 Å². The summed E-state index contributed by atoms with van der Waals surface area (Å²) >= 11 is 0. The summed E-state index contributed by atoms with van der Waals surface area (Å²) < 4.78 is 52.0. The van der Waals surface area contributed by atoms with Crippen molar-refractivity contribution in [1.82, 2.24) is 0 Å². The highest BCUT2D eigenvalue weighted by atomic mass is 19.2. The molecule has 0 amide bonds. The Morgan fingerprint density at radius 1 is 1.07 bits per heavy atom. The molecule has 0 spiro atoms. The first-order valence-electron chi connectivity index (χ1n) is 10.1. The standard InChI is InChI=1S/C22H29F3O2/c1-2-26-20-12-10-18(21(24)22(20)25)17-9-11-19(27-14-17)16-7-5-15(6-8-16)4-3-13-23/h3-4,10,12,15-17,19H,2,5-9,11,13-14H2,1H3/b4-3+. The quantitative estimate of drug-likeness (QED) is 0.565. The second-order valence-electron chi connectivity index (χ2n) is 7.62. The average molecular weight is 382 g/mol. The summed E-state index contributed by atoms with van der Waals surface area (Å²) in [5.74, 6) is -0.872. The topological polar surface area (TPSA) is 18.5 Å². The monoisotopic (exact) mass is 382 g/mol. The summed E-state index contributed by atoms with van der Waals surface area (Å²) in [6.45, 7) is 2.08. The third-order valence-electron chi connectivity index (χ3n) is 5.97. The van der Waals surface area contributed by atoms with Crippen LogP contribution in [0.4, 0.5) is 13.2 Å². The molecule has 2 unspecified atom stereocenters. The van der Waals surface area contributed by atoms with E-state index >= 15 is 0 Å². The van der Waals surface area contributed by atoms with E-state index in [9.17, 15) is 13.2 Å². The SMILES string of the molecule is CCOc1ccc(C2CCC(C3CCC(/C=C/CF)CC3)OC2)c(F)c1F. The van der Waals surface area contributed by atoms with Crippen LogP contribution in [0.5, 0.6) is 5.75 Å². The molecule has 1 heterocycles. The first kappa shape index (κ1) is 20.2. The number of allylic oxidation sites excluding steroid dienone is 2. The van der Waals surface area contributed by atoms with Gasteiger partial charge in [-0.1, -0.05) is 18.2 Å². The van der Waals surface area contributed by atoms with Crippen LogP contribution in [0, 0.1) is 23.5 Å². The molecule has 27 heavy (non-hydrogen) atoms. The maximum absolute atomic E-state index is 14.4. The van der Waals surface area contributed by atoms with Crippen LogP contribution < -0.4 is 4.74 Å². The Balaban J connectivity index is 1.54. The molecule has 3 rings (SSSR count). The summed E-state index contributed by atoms with van der Waals surface area (Å²) in [4.78, 5) is 0. The van der Waals surface area contributed by atoms with Gasteiger partial charge in [-0.05, 0) is 68.9 Å². The number of hydrogen-bond donors (Lipinski definition) is 0. The predicted octanol–water partition coefficient (Wildman–Crippen LogP) is 5.96. The fourth-order valence-corrected chi connectivity index (χ4v) is 4.47. The summed E-state index contributed by atoms with van der Waals surface area (Å²) in [5, 5.41) is 0. The Bertz CT molecular complexity index is 631. The van der Waals surface area contributed by atoms with E-state index in [0.717, 1.165) is 38.5 Å². The van der Waals surface area contributed by atoms with Crippen molar-refractivity contribution in [1.29, 1.82) is 0 Å². The largest absolute Gasteiger partial charge is 0.491 e. The summed E-state index contributed by atoms with van der Waals surface area (Å²) in [6.07, 6.45) is 9.79. The van der Waals surface area contributed by atoms with Crippen molar-refractivity contribution >= 4 is 0 Å². The van der Waals surface area contributed by atoms with Gasteiger partial charge in [0.05, 0.1) is 19.3 Å². The lowest BCUT2D eigenvalue weighted by molar-refractivity contribution is -0.0424. The molecule has 2 aliphatic rings. The van der Waals surface area contributed by atoms with Gasteiger partial charge in [-0.2, -0.15) is 4.39 Å². The van der Waals surface area contributed by atoms with Crippen LogP contribution in [0.1, 0.15) is 56.9 Å². The molecule has 5 heteroatoms. The third-order valence-corrected chi connectivity index (χ3v) is 5.97. The molecule has 2 nitrogen and oxygen atoms in total. The third kappa shape index (κ3) is 4.87. The first-order valence-corrected chi connectivity index (χ1v) is 10.1. The van der Waals surface area contributed by atoms with Crippen LogP contribution in [0.3, 0.4) is 0 Å². The van der Waals surface area contributed by atoms with E-state index in [1.54, 1.807) is 19.1 Å². The van der Waals surface area contributed by atoms with Gasteiger partial charge in [0, 0.05) is 5.92 Å². The Hall–Kier alpha value is -1.49. The van der Waals surface area contributed by atoms with E-state index in [1.807, 2.05) is 6.08 Å². The molecule has 0 N–H and O–H groups in total. The molecule has 150 valence electrons. The summed E-state index contributed by atoms with van der Waals surface area (Å²) in [7, 11) is 0. The van der Waals surface area contributed by atoms with Crippen LogP contribution in [-0.2, 0) is 4.74 Å². The minimum absolute atomic E-state index is 0.0353. The number of benzene rings is 1. The molecule has 2 atom stereocenters. The van der Waals surface area contributed by atoms with Gasteiger partial charge in [0.1, 0.15) is 6.67 Å². The zero-order valence-electron chi connectivity index (χ0n) is 15.9. The van der Waals surface area contributed by atoms with Gasteiger partial charge in [-0.15, -0.1) is 0 Å². The van der Waals surface area contributed by atoms with E-state index in [2.05, 4.69) is 0 Å². The van der Waals surface area contributed by atoms with Gasteiger partial charge in [-0.3, -0.25) is 0 Å². The van der Waals surface area contributed by atoms with Gasteiger partial charge in [0.2, 0.25) is 5.82 Å². The number of hydrogen-bond acceptors (Lipinski definition) is 2. The summed E-state index contributed by atoms with van der Waals surface area (Å²) in [6, 6.07) is 3.13. The molecule has 0 bridgehead atoms. The Morgan fingerprint density at radius 2 is 1.85 bits per heavy atom. The lowest BCUT2D eigenvalue weighted by Crippen LogP contribution is -2.33. The van der Waals surface area contributed by atoms with Crippen LogP contribution in [0.15, 0.2) is 24.3 Å². The Kier molecular flexibility index (Phi) is 7.22. The molecule has 2 fully saturated rings. The lowest BCUT2D eigenvalue weighted by atomic mass is 9.76. The van der Waals surface area contributed by atoms with Crippen molar-refractivity contribution in [3.63, 3.8) is 0 Å². The van der Waals surface area contributed by atoms with E-state index in [-0.39, 0.29) is 17.8 Å².